The molecule has 0 aliphatic carbocycles. The van der Waals surface area contributed by atoms with Gasteiger partial charge in [-0.15, -0.1) is 5.10 Å². The van der Waals surface area contributed by atoms with Crippen LogP contribution in [0.15, 0.2) is 101 Å². The smallest absolute Gasteiger partial charge is 0.236 e. The van der Waals surface area contributed by atoms with Gasteiger partial charge in [-0.2, -0.15) is 4.68 Å². The summed E-state index contributed by atoms with van der Waals surface area (Å²) < 4.78 is 7.34. The first-order valence-corrected chi connectivity index (χ1v) is 9.78. The van der Waals surface area contributed by atoms with E-state index in [2.05, 4.69) is 20.3 Å². The van der Waals surface area contributed by atoms with E-state index in [1.165, 1.54) is 0 Å². The molecule has 1 aliphatic heterocycles. The topological polar surface area (TPSA) is 88.5 Å². The molecule has 31 heavy (non-hydrogen) atoms. The van der Waals surface area contributed by atoms with Gasteiger partial charge in [0, 0.05) is 11.8 Å². The molecule has 150 valence electrons. The van der Waals surface area contributed by atoms with Crippen LogP contribution in [-0.4, -0.2) is 32.8 Å². The third kappa shape index (κ3) is 3.76. The van der Waals surface area contributed by atoms with Gasteiger partial charge < -0.3 is 4.74 Å². The highest BCUT2D eigenvalue weighted by Gasteiger charge is 2.31. The molecule has 0 saturated heterocycles. The maximum atomic E-state index is 8.35. The summed E-state index contributed by atoms with van der Waals surface area (Å²) in [6.45, 7) is 0. The number of nitrogens with zero attached hydrogens (tertiary/aromatic N) is 5. The van der Waals surface area contributed by atoms with Crippen molar-refractivity contribution in [2.24, 2.45) is 9.98 Å². The Balaban J connectivity index is 1.59. The molecule has 0 spiro atoms. The fourth-order valence-electron chi connectivity index (χ4n) is 3.26. The number of para-hydroxylation sites is 1. The number of hydrogen-bond donors (Lipinski definition) is 1. The Labute approximate surface area is 178 Å². The van der Waals surface area contributed by atoms with E-state index in [1.807, 2.05) is 91.0 Å². The standard InChI is InChI=1S/C24H18N6O/c25-22-20(27-24(31-22)18-12-6-2-7-13-18)21-23(26-16-17-10-4-1-5-11-17)30(29-28-21)19-14-8-3-9-15-19/h1-16,24-25H/b25-22?,26-16+. The molecular formula is C24H18N6O. The molecule has 3 aromatic carbocycles. The Kier molecular flexibility index (Phi) is 4.90. The second-order valence-electron chi connectivity index (χ2n) is 6.87. The lowest BCUT2D eigenvalue weighted by atomic mass is 10.2. The van der Waals surface area contributed by atoms with Crippen LogP contribution in [0.4, 0.5) is 5.82 Å². The molecule has 2 heterocycles. The Morgan fingerprint density at radius 2 is 1.52 bits per heavy atom. The quantitative estimate of drug-likeness (QED) is 0.495. The predicted molar refractivity (Wildman–Crippen MR) is 120 cm³/mol. The first-order chi connectivity index (χ1) is 15.3. The lowest BCUT2D eigenvalue weighted by Gasteiger charge is -2.06. The van der Waals surface area contributed by atoms with Gasteiger partial charge in [0.2, 0.25) is 12.1 Å². The minimum Gasteiger partial charge on any atom is -0.446 e. The van der Waals surface area contributed by atoms with E-state index in [4.69, 9.17) is 10.1 Å². The van der Waals surface area contributed by atoms with Crippen molar-refractivity contribution in [1.29, 1.82) is 5.41 Å². The van der Waals surface area contributed by atoms with Crippen molar-refractivity contribution in [3.05, 3.63) is 108 Å². The molecule has 1 atom stereocenters. The zero-order valence-electron chi connectivity index (χ0n) is 16.5. The van der Waals surface area contributed by atoms with Crippen LogP contribution < -0.4 is 0 Å². The number of aliphatic imine (C=N–C) groups is 2. The molecule has 1 N–H and O–H groups in total. The number of aromatic nitrogens is 3. The summed E-state index contributed by atoms with van der Waals surface area (Å²) >= 11 is 0. The van der Waals surface area contributed by atoms with E-state index < -0.39 is 6.23 Å². The average molecular weight is 406 g/mol. The maximum absolute atomic E-state index is 8.35. The number of hydrogen-bond acceptors (Lipinski definition) is 6. The van der Waals surface area contributed by atoms with E-state index in [9.17, 15) is 0 Å². The van der Waals surface area contributed by atoms with Crippen molar-refractivity contribution in [3.8, 4) is 5.69 Å². The van der Waals surface area contributed by atoms with Crippen LogP contribution in [0.25, 0.3) is 5.69 Å². The fourth-order valence-corrected chi connectivity index (χ4v) is 3.26. The highest BCUT2D eigenvalue weighted by molar-refractivity contribution is 6.45. The monoisotopic (exact) mass is 406 g/mol. The van der Waals surface area contributed by atoms with Crippen LogP contribution in [0.2, 0.25) is 0 Å². The first kappa shape index (κ1) is 18.6. The number of nitrogens with one attached hydrogen (secondary N) is 1. The normalized spacial score (nSPS) is 15.8. The van der Waals surface area contributed by atoms with Crippen molar-refractivity contribution in [2.75, 3.05) is 0 Å². The molecule has 7 nitrogen and oxygen atoms in total. The van der Waals surface area contributed by atoms with Gasteiger partial charge in [0.1, 0.15) is 0 Å². The third-order valence-electron chi connectivity index (χ3n) is 4.78. The summed E-state index contributed by atoms with van der Waals surface area (Å²) in [7, 11) is 0. The zero-order chi connectivity index (χ0) is 21.0. The van der Waals surface area contributed by atoms with Gasteiger partial charge in [0.25, 0.3) is 0 Å². The van der Waals surface area contributed by atoms with Crippen molar-refractivity contribution in [1.82, 2.24) is 15.0 Å². The van der Waals surface area contributed by atoms with Crippen LogP contribution in [0, 0.1) is 5.41 Å². The van der Waals surface area contributed by atoms with Crippen LogP contribution in [-0.2, 0) is 4.74 Å². The second-order valence-corrected chi connectivity index (χ2v) is 6.87. The summed E-state index contributed by atoms with van der Waals surface area (Å²) in [6.07, 6.45) is 1.16. The van der Waals surface area contributed by atoms with E-state index >= 15 is 0 Å². The van der Waals surface area contributed by atoms with Crippen LogP contribution in [0.1, 0.15) is 23.0 Å². The number of benzene rings is 3. The molecule has 0 bridgehead atoms. The van der Waals surface area contributed by atoms with Crippen molar-refractivity contribution in [3.63, 3.8) is 0 Å². The van der Waals surface area contributed by atoms with Gasteiger partial charge in [-0.1, -0.05) is 84.1 Å². The molecule has 1 aliphatic rings. The molecule has 4 aromatic rings. The van der Waals surface area contributed by atoms with Crippen molar-refractivity contribution < 1.29 is 4.74 Å². The number of ether oxygens (including phenoxy) is 1. The van der Waals surface area contributed by atoms with E-state index in [0.29, 0.717) is 17.2 Å². The Bertz CT molecular complexity index is 1260. The molecule has 1 aromatic heterocycles. The summed E-state index contributed by atoms with van der Waals surface area (Å²) in [5.74, 6) is 0.431. The largest absolute Gasteiger partial charge is 0.446 e. The van der Waals surface area contributed by atoms with Crippen molar-refractivity contribution >= 4 is 23.6 Å². The molecular weight excluding hydrogens is 388 g/mol. The van der Waals surface area contributed by atoms with E-state index in [0.717, 1.165) is 16.8 Å². The lowest BCUT2D eigenvalue weighted by molar-refractivity contribution is 0.219. The predicted octanol–water partition coefficient (Wildman–Crippen LogP) is 4.51. The van der Waals surface area contributed by atoms with Gasteiger partial charge in [0.05, 0.1) is 5.69 Å². The fraction of sp³-hybridized carbons (Fsp3) is 0.0417. The molecule has 5 rings (SSSR count). The minimum absolute atomic E-state index is 0.0508. The summed E-state index contributed by atoms with van der Waals surface area (Å²) in [6, 6.07) is 29.0. The van der Waals surface area contributed by atoms with Gasteiger partial charge in [-0.3, -0.25) is 5.41 Å². The lowest BCUT2D eigenvalue weighted by Crippen LogP contribution is -2.12. The molecule has 0 radical (unpaired) electrons. The Morgan fingerprint density at radius 1 is 0.871 bits per heavy atom. The minimum atomic E-state index is -0.587. The van der Waals surface area contributed by atoms with E-state index in [-0.39, 0.29) is 5.90 Å². The molecule has 0 saturated carbocycles. The Hall–Kier alpha value is -4.39. The SMILES string of the molecule is N=C1OC(c2ccccc2)N=C1c1nnn(-c2ccccc2)c1/N=C/c1ccccc1. The molecule has 7 heteroatoms. The van der Waals surface area contributed by atoms with Gasteiger partial charge in [-0.25, -0.2) is 9.98 Å². The van der Waals surface area contributed by atoms with E-state index in [1.54, 1.807) is 10.9 Å². The highest BCUT2D eigenvalue weighted by Crippen LogP contribution is 2.30. The first-order valence-electron chi connectivity index (χ1n) is 9.78. The van der Waals surface area contributed by atoms with Crippen LogP contribution in [0.3, 0.4) is 0 Å². The molecule has 1 unspecified atom stereocenters. The van der Waals surface area contributed by atoms with Crippen LogP contribution >= 0.6 is 0 Å². The highest BCUT2D eigenvalue weighted by atomic mass is 16.5. The van der Waals surface area contributed by atoms with Gasteiger partial charge in [-0.05, 0) is 17.7 Å². The van der Waals surface area contributed by atoms with Gasteiger partial charge in [0.15, 0.2) is 17.2 Å². The molecule has 0 amide bonds. The second kappa shape index (κ2) is 8.16. The summed E-state index contributed by atoms with van der Waals surface area (Å²) in [4.78, 5) is 9.28. The Morgan fingerprint density at radius 3 is 2.23 bits per heavy atom. The summed E-state index contributed by atoms with van der Waals surface area (Å²) in [5, 5.41) is 17.0. The zero-order valence-corrected chi connectivity index (χ0v) is 16.5. The van der Waals surface area contributed by atoms with Crippen LogP contribution in [0.5, 0.6) is 0 Å². The average Bonchev–Trinajstić information content (AvgIpc) is 3.42. The number of rotatable bonds is 5. The molecule has 0 fully saturated rings. The van der Waals surface area contributed by atoms with Crippen molar-refractivity contribution in [2.45, 2.75) is 6.23 Å². The third-order valence-corrected chi connectivity index (χ3v) is 4.78. The maximum Gasteiger partial charge on any atom is 0.236 e. The summed E-state index contributed by atoms with van der Waals surface area (Å²) in [5.41, 5.74) is 3.35. The van der Waals surface area contributed by atoms with Gasteiger partial charge >= 0.3 is 0 Å².